The van der Waals surface area contributed by atoms with Gasteiger partial charge in [0.05, 0.1) is 11.6 Å². The van der Waals surface area contributed by atoms with E-state index in [2.05, 4.69) is 15.2 Å². The number of aromatic amines is 1. The van der Waals surface area contributed by atoms with E-state index in [1.165, 1.54) is 11.8 Å². The molecule has 1 saturated heterocycles. The summed E-state index contributed by atoms with van der Waals surface area (Å²) in [7, 11) is 1.84. The molecule has 0 bridgehead atoms. The molecule has 2 aliphatic rings. The van der Waals surface area contributed by atoms with E-state index >= 15 is 0 Å². The van der Waals surface area contributed by atoms with Crippen molar-refractivity contribution >= 4 is 35.3 Å². The highest BCUT2D eigenvalue weighted by atomic mass is 32.2. The maximum Gasteiger partial charge on any atom is 0.246 e. The fourth-order valence-corrected chi connectivity index (χ4v) is 4.27. The molecular weight excluding hydrogens is 322 g/mol. The molecule has 2 fully saturated rings. The van der Waals surface area contributed by atoms with Crippen molar-refractivity contribution in [1.82, 2.24) is 25.0 Å². The number of hydrogen-bond acceptors (Lipinski definition) is 6. The first-order chi connectivity index (χ1) is 10.6. The Morgan fingerprint density at radius 2 is 2.27 bits per heavy atom. The summed E-state index contributed by atoms with van der Waals surface area (Å²) in [6.45, 7) is 1.82. The van der Waals surface area contributed by atoms with Gasteiger partial charge < -0.3 is 9.80 Å². The number of hydrogen-bond donors (Lipinski definition) is 1. The minimum absolute atomic E-state index is 0.0278. The predicted molar refractivity (Wildman–Crippen MR) is 85.6 cm³/mol. The molecule has 3 rings (SSSR count). The van der Waals surface area contributed by atoms with Crippen LogP contribution >= 0.6 is 23.5 Å². The Morgan fingerprint density at radius 3 is 2.91 bits per heavy atom. The molecule has 1 aliphatic carbocycles. The van der Waals surface area contributed by atoms with Crippen molar-refractivity contribution in [2.24, 2.45) is 0 Å². The number of carbonyl (C=O) groups excluding carboxylic acids is 2. The number of nitrogens with one attached hydrogen (secondary N) is 1. The van der Waals surface area contributed by atoms with E-state index in [0.29, 0.717) is 22.8 Å². The molecule has 1 aromatic rings. The van der Waals surface area contributed by atoms with Crippen LogP contribution in [0.2, 0.25) is 0 Å². The van der Waals surface area contributed by atoms with Crippen molar-refractivity contribution in [2.75, 3.05) is 24.4 Å². The van der Waals surface area contributed by atoms with E-state index in [4.69, 9.17) is 0 Å². The van der Waals surface area contributed by atoms with E-state index in [0.717, 1.165) is 18.7 Å². The molecule has 0 unspecified atom stereocenters. The van der Waals surface area contributed by atoms with Crippen molar-refractivity contribution in [1.29, 1.82) is 0 Å². The molecule has 1 aromatic heterocycles. The molecule has 22 heavy (non-hydrogen) atoms. The number of likely N-dealkylation sites (N-methyl/N-ethyl adjacent to an activating group) is 1. The lowest BCUT2D eigenvalue weighted by atomic mass is 10.2. The Kier molecular flexibility index (Phi) is 4.62. The van der Waals surface area contributed by atoms with Crippen LogP contribution in [0.3, 0.4) is 0 Å². The average molecular weight is 341 g/mol. The Balaban J connectivity index is 1.57. The molecule has 1 aliphatic heterocycles. The number of nitrogens with zero attached hydrogens (tertiary/aromatic N) is 4. The average Bonchev–Trinajstić information content (AvgIpc) is 3.09. The Hall–Kier alpha value is -1.22. The molecule has 1 N–H and O–H groups in total. The van der Waals surface area contributed by atoms with Gasteiger partial charge in [-0.15, -0.1) is 16.9 Å². The summed E-state index contributed by atoms with van der Waals surface area (Å²) >= 11 is 2.93. The SMILES string of the molecule is Cc1nc(SCC(=O)N2CSC[C@H]2C(=O)N(C)C2CC2)n[nH]1. The summed E-state index contributed by atoms with van der Waals surface area (Å²) < 4.78 is 0. The van der Waals surface area contributed by atoms with Gasteiger partial charge in [-0.25, -0.2) is 4.98 Å². The second kappa shape index (κ2) is 6.49. The second-order valence-electron chi connectivity index (χ2n) is 5.55. The van der Waals surface area contributed by atoms with E-state index in [9.17, 15) is 9.59 Å². The summed E-state index contributed by atoms with van der Waals surface area (Å²) in [5.74, 6) is 2.30. The molecule has 120 valence electrons. The van der Waals surface area contributed by atoms with E-state index in [1.807, 2.05) is 18.9 Å². The summed E-state index contributed by atoms with van der Waals surface area (Å²) in [6.07, 6.45) is 2.16. The largest absolute Gasteiger partial charge is 0.341 e. The molecule has 0 aromatic carbocycles. The smallest absolute Gasteiger partial charge is 0.246 e. The normalized spacial score (nSPS) is 21.2. The zero-order valence-corrected chi connectivity index (χ0v) is 14.2. The topological polar surface area (TPSA) is 82.2 Å². The monoisotopic (exact) mass is 341 g/mol. The standard InChI is InChI=1S/C13H19N5O2S2/c1-8-14-13(16-15-8)22-6-11(19)18-7-21-5-10(18)12(20)17(2)9-3-4-9/h9-10H,3-7H2,1-2H3,(H,14,15,16)/t10-/m0/s1. The molecule has 2 amide bonds. The summed E-state index contributed by atoms with van der Waals surface area (Å²) in [5, 5.41) is 7.32. The van der Waals surface area contributed by atoms with Crippen LogP contribution in [0.1, 0.15) is 18.7 Å². The van der Waals surface area contributed by atoms with Gasteiger partial charge in [-0.2, -0.15) is 0 Å². The highest BCUT2D eigenvalue weighted by Crippen LogP contribution is 2.29. The lowest BCUT2D eigenvalue weighted by Crippen LogP contribution is -2.48. The lowest BCUT2D eigenvalue weighted by molar-refractivity contribution is -0.141. The molecule has 7 nitrogen and oxygen atoms in total. The van der Waals surface area contributed by atoms with Crippen LogP contribution in [-0.4, -0.2) is 73.3 Å². The van der Waals surface area contributed by atoms with Crippen molar-refractivity contribution < 1.29 is 9.59 Å². The van der Waals surface area contributed by atoms with Gasteiger partial charge >= 0.3 is 0 Å². The number of aryl methyl sites for hydroxylation is 1. The first kappa shape index (κ1) is 15.7. The molecule has 1 saturated carbocycles. The quantitative estimate of drug-likeness (QED) is 0.795. The Morgan fingerprint density at radius 1 is 1.50 bits per heavy atom. The van der Waals surface area contributed by atoms with Crippen LogP contribution in [0.15, 0.2) is 5.16 Å². The van der Waals surface area contributed by atoms with E-state index in [1.54, 1.807) is 16.7 Å². The molecule has 2 heterocycles. The van der Waals surface area contributed by atoms with Gasteiger partial charge in [0.2, 0.25) is 17.0 Å². The van der Waals surface area contributed by atoms with E-state index in [-0.39, 0.29) is 23.6 Å². The summed E-state index contributed by atoms with van der Waals surface area (Å²) in [4.78, 5) is 32.6. The van der Waals surface area contributed by atoms with Gasteiger partial charge in [-0.05, 0) is 19.8 Å². The van der Waals surface area contributed by atoms with Crippen molar-refractivity contribution in [3.8, 4) is 0 Å². The third-order valence-corrected chi connectivity index (χ3v) is 5.68. The number of thioether (sulfide) groups is 2. The third kappa shape index (κ3) is 3.40. The maximum absolute atomic E-state index is 12.5. The number of H-pyrrole nitrogens is 1. The number of aromatic nitrogens is 3. The molecule has 9 heteroatoms. The second-order valence-corrected chi connectivity index (χ2v) is 7.49. The van der Waals surface area contributed by atoms with Crippen molar-refractivity contribution in [2.45, 2.75) is 37.0 Å². The minimum atomic E-state index is -0.322. The van der Waals surface area contributed by atoms with Crippen LogP contribution in [0.4, 0.5) is 0 Å². The lowest BCUT2D eigenvalue weighted by Gasteiger charge is -2.27. The Bertz CT molecular complexity index is 575. The zero-order chi connectivity index (χ0) is 15.7. The predicted octanol–water partition coefficient (Wildman–Crippen LogP) is 0.728. The first-order valence-corrected chi connectivity index (χ1v) is 9.36. The fraction of sp³-hybridized carbons (Fsp3) is 0.692. The number of amides is 2. The van der Waals surface area contributed by atoms with Gasteiger partial charge in [0.15, 0.2) is 0 Å². The van der Waals surface area contributed by atoms with Gasteiger partial charge in [-0.3, -0.25) is 14.7 Å². The minimum Gasteiger partial charge on any atom is -0.341 e. The molecular formula is C13H19N5O2S2. The van der Waals surface area contributed by atoms with Crippen LogP contribution in [0.25, 0.3) is 0 Å². The number of carbonyl (C=O) groups is 2. The maximum atomic E-state index is 12.5. The van der Waals surface area contributed by atoms with E-state index < -0.39 is 0 Å². The van der Waals surface area contributed by atoms with Gasteiger partial charge in [0.25, 0.3) is 0 Å². The first-order valence-electron chi connectivity index (χ1n) is 7.22. The van der Waals surface area contributed by atoms with Crippen LogP contribution in [0.5, 0.6) is 0 Å². The van der Waals surface area contributed by atoms with Crippen LogP contribution in [0, 0.1) is 6.92 Å². The molecule has 0 spiro atoms. The molecule has 1 atom stereocenters. The third-order valence-electron chi connectivity index (χ3n) is 3.83. The van der Waals surface area contributed by atoms with Crippen LogP contribution in [-0.2, 0) is 9.59 Å². The van der Waals surface area contributed by atoms with Gasteiger partial charge in [-0.1, -0.05) is 11.8 Å². The summed E-state index contributed by atoms with van der Waals surface area (Å²) in [6, 6.07) is 0.0539. The fourth-order valence-electron chi connectivity index (χ4n) is 2.37. The highest BCUT2D eigenvalue weighted by molar-refractivity contribution is 8.00. The number of rotatable bonds is 5. The van der Waals surface area contributed by atoms with Crippen LogP contribution < -0.4 is 0 Å². The van der Waals surface area contributed by atoms with Gasteiger partial charge in [0, 0.05) is 18.8 Å². The van der Waals surface area contributed by atoms with Crippen molar-refractivity contribution in [3.63, 3.8) is 0 Å². The molecule has 0 radical (unpaired) electrons. The zero-order valence-electron chi connectivity index (χ0n) is 12.6. The van der Waals surface area contributed by atoms with Crippen molar-refractivity contribution in [3.05, 3.63) is 5.82 Å². The Labute approximate surface area is 137 Å². The summed E-state index contributed by atoms with van der Waals surface area (Å²) in [5.41, 5.74) is 0. The highest BCUT2D eigenvalue weighted by Gasteiger charge is 2.39. The van der Waals surface area contributed by atoms with Gasteiger partial charge in [0.1, 0.15) is 11.9 Å².